The zero-order valence-corrected chi connectivity index (χ0v) is 13.5. The van der Waals surface area contributed by atoms with E-state index in [1.807, 2.05) is 0 Å². The Bertz CT molecular complexity index is 712. The monoisotopic (exact) mass is 370 g/mol. The minimum absolute atomic E-state index is 0.136. The van der Waals surface area contributed by atoms with E-state index in [1.54, 1.807) is 0 Å². The molecule has 0 N–H and O–H groups in total. The van der Waals surface area contributed by atoms with Crippen LogP contribution in [-0.2, 0) is 23.1 Å². The van der Waals surface area contributed by atoms with Crippen LogP contribution in [0.3, 0.4) is 0 Å². The van der Waals surface area contributed by atoms with Crippen LogP contribution < -0.4 is 0 Å². The first-order valence-corrected chi connectivity index (χ1v) is 7.64. The van der Waals surface area contributed by atoms with Crippen molar-refractivity contribution in [2.75, 3.05) is 7.11 Å². The Kier molecular flexibility index (Phi) is 3.71. The first-order valence-electron chi connectivity index (χ1n) is 7.64. The predicted octanol–water partition coefficient (Wildman–Crippen LogP) is 4.08. The molecule has 2 aliphatic carbocycles. The van der Waals surface area contributed by atoms with Gasteiger partial charge in [0.05, 0.1) is 7.11 Å². The molecule has 0 aliphatic heterocycles. The van der Waals surface area contributed by atoms with Crippen LogP contribution in [0.4, 0.5) is 26.3 Å². The Labute approximate surface area is 139 Å². The number of rotatable bonds is 4. The van der Waals surface area contributed by atoms with Gasteiger partial charge < -0.3 is 4.74 Å². The lowest BCUT2D eigenvalue weighted by molar-refractivity contribution is -0.160. The second kappa shape index (κ2) is 5.14. The molecule has 4 nitrogen and oxygen atoms in total. The number of ether oxygens (including phenoxy) is 1. The number of carbonyl (C=O) groups excluding carboxylic acids is 1. The van der Waals surface area contributed by atoms with Crippen LogP contribution in [0.1, 0.15) is 54.4 Å². The Morgan fingerprint density at radius 3 is 2.20 bits per heavy atom. The van der Waals surface area contributed by atoms with E-state index in [1.165, 1.54) is 6.92 Å². The second-order valence-electron chi connectivity index (χ2n) is 7.20. The van der Waals surface area contributed by atoms with E-state index in [0.717, 1.165) is 7.11 Å². The van der Waals surface area contributed by atoms with Gasteiger partial charge in [-0.25, -0.2) is 18.0 Å². The van der Waals surface area contributed by atoms with Gasteiger partial charge in [-0.2, -0.15) is 18.3 Å². The van der Waals surface area contributed by atoms with E-state index < -0.39 is 58.9 Å². The van der Waals surface area contributed by atoms with E-state index in [0.29, 0.717) is 4.68 Å². The van der Waals surface area contributed by atoms with Crippen LogP contribution in [0.25, 0.3) is 0 Å². The van der Waals surface area contributed by atoms with Crippen molar-refractivity contribution in [3.8, 4) is 0 Å². The van der Waals surface area contributed by atoms with Crippen LogP contribution in [0.5, 0.6) is 0 Å². The van der Waals surface area contributed by atoms with Crippen molar-refractivity contribution in [2.24, 2.45) is 5.41 Å². The van der Waals surface area contributed by atoms with Crippen molar-refractivity contribution >= 4 is 5.97 Å². The van der Waals surface area contributed by atoms with E-state index in [-0.39, 0.29) is 19.4 Å². The van der Waals surface area contributed by atoms with Gasteiger partial charge in [0.1, 0.15) is 11.3 Å². The third kappa shape index (κ3) is 3.10. The number of hydrogen-bond acceptors (Lipinski definition) is 3. The quantitative estimate of drug-likeness (QED) is 0.593. The molecular formula is C15H16F6N2O2. The van der Waals surface area contributed by atoms with E-state index >= 15 is 0 Å². The highest BCUT2D eigenvalue weighted by atomic mass is 19.4. The minimum atomic E-state index is -5.02. The average molecular weight is 370 g/mol. The maximum atomic E-state index is 14.4. The van der Waals surface area contributed by atoms with Crippen molar-refractivity contribution in [2.45, 2.75) is 56.9 Å². The first kappa shape index (κ1) is 18.1. The summed E-state index contributed by atoms with van der Waals surface area (Å²) in [6.45, 7) is 1.11. The van der Waals surface area contributed by atoms with Gasteiger partial charge in [0.25, 0.3) is 0 Å². The van der Waals surface area contributed by atoms with Crippen molar-refractivity contribution in [1.29, 1.82) is 0 Å². The second-order valence-corrected chi connectivity index (χ2v) is 7.20. The summed E-state index contributed by atoms with van der Waals surface area (Å²) < 4.78 is 86.3. The van der Waals surface area contributed by atoms with Crippen molar-refractivity contribution in [1.82, 2.24) is 9.78 Å². The lowest BCUT2D eigenvalue weighted by Gasteiger charge is -2.44. The number of hydrogen-bond donors (Lipinski definition) is 0. The lowest BCUT2D eigenvalue weighted by Crippen LogP contribution is -2.47. The normalized spacial score (nSPS) is 23.0. The van der Waals surface area contributed by atoms with Gasteiger partial charge >= 0.3 is 12.1 Å². The van der Waals surface area contributed by atoms with Crippen LogP contribution in [0.2, 0.25) is 0 Å². The zero-order valence-electron chi connectivity index (χ0n) is 13.5. The number of carbonyl (C=O) groups is 1. The van der Waals surface area contributed by atoms with Crippen LogP contribution in [0.15, 0.2) is 0 Å². The molecule has 25 heavy (non-hydrogen) atoms. The SMILES string of the molecule is COC(=O)c1c(C(F)(F)F)c(C2(F)CC2)nn1CC1(C)CC(F)(F)C1. The Morgan fingerprint density at radius 2 is 1.80 bits per heavy atom. The molecule has 0 unspecified atom stereocenters. The highest BCUT2D eigenvalue weighted by molar-refractivity contribution is 5.90. The maximum absolute atomic E-state index is 14.4. The molecule has 1 aromatic heterocycles. The minimum Gasteiger partial charge on any atom is -0.464 e. The van der Waals surface area contributed by atoms with Gasteiger partial charge in [0, 0.05) is 19.4 Å². The molecule has 10 heteroatoms. The third-order valence-corrected chi connectivity index (χ3v) is 4.63. The molecule has 0 saturated heterocycles. The molecule has 1 aromatic rings. The smallest absolute Gasteiger partial charge is 0.420 e. The molecule has 2 saturated carbocycles. The standard InChI is InChI=1S/C15H16F6N2O2/c1-12(5-14(17,18)6-12)7-23-9(11(24)25-2)8(15(19,20)21)10(22-23)13(16)3-4-13/h3-7H2,1-2H3. The number of aromatic nitrogens is 2. The molecule has 2 aliphatic rings. The summed E-state index contributed by atoms with van der Waals surface area (Å²) in [4.78, 5) is 11.9. The van der Waals surface area contributed by atoms with Gasteiger partial charge in [0.15, 0.2) is 11.4 Å². The van der Waals surface area contributed by atoms with Gasteiger partial charge in [-0.3, -0.25) is 4.68 Å². The Balaban J connectivity index is 2.09. The summed E-state index contributed by atoms with van der Waals surface area (Å²) in [6, 6.07) is 0. The topological polar surface area (TPSA) is 44.1 Å². The fraction of sp³-hybridized carbons (Fsp3) is 0.733. The van der Waals surface area contributed by atoms with Crippen LogP contribution >= 0.6 is 0 Å². The summed E-state index contributed by atoms with van der Waals surface area (Å²) >= 11 is 0. The molecule has 0 aromatic carbocycles. The molecular weight excluding hydrogens is 354 g/mol. The Hall–Kier alpha value is -1.74. The number of alkyl halides is 6. The molecule has 0 spiro atoms. The molecule has 0 amide bonds. The van der Waals surface area contributed by atoms with Gasteiger partial charge in [0.2, 0.25) is 5.92 Å². The van der Waals surface area contributed by atoms with E-state index in [2.05, 4.69) is 9.84 Å². The van der Waals surface area contributed by atoms with Crippen molar-refractivity contribution in [3.63, 3.8) is 0 Å². The lowest BCUT2D eigenvalue weighted by atomic mass is 9.67. The largest absolute Gasteiger partial charge is 0.464 e. The van der Waals surface area contributed by atoms with E-state index in [4.69, 9.17) is 0 Å². The molecule has 0 radical (unpaired) electrons. The van der Waals surface area contributed by atoms with Gasteiger partial charge in [-0.1, -0.05) is 6.92 Å². The van der Waals surface area contributed by atoms with Crippen LogP contribution in [-0.4, -0.2) is 28.8 Å². The highest BCUT2D eigenvalue weighted by Crippen LogP contribution is 2.55. The number of nitrogens with zero attached hydrogens (tertiary/aromatic N) is 2. The number of halogens is 6. The van der Waals surface area contributed by atoms with Gasteiger partial charge in [-0.05, 0) is 18.3 Å². The molecule has 0 atom stereocenters. The predicted molar refractivity (Wildman–Crippen MR) is 72.9 cm³/mol. The van der Waals surface area contributed by atoms with E-state index in [9.17, 15) is 31.1 Å². The highest BCUT2D eigenvalue weighted by Gasteiger charge is 2.57. The summed E-state index contributed by atoms with van der Waals surface area (Å²) in [6.07, 6.45) is -6.38. The number of methoxy groups -OCH3 is 1. The molecule has 1 heterocycles. The first-order chi connectivity index (χ1) is 11.3. The fourth-order valence-electron chi connectivity index (χ4n) is 3.48. The van der Waals surface area contributed by atoms with Crippen molar-refractivity contribution in [3.05, 3.63) is 17.0 Å². The maximum Gasteiger partial charge on any atom is 0.420 e. The van der Waals surface area contributed by atoms with Crippen LogP contribution in [0, 0.1) is 5.41 Å². The zero-order chi connectivity index (χ0) is 18.8. The number of esters is 1. The summed E-state index contributed by atoms with van der Waals surface area (Å²) in [7, 11) is 0.890. The fourth-order valence-corrected chi connectivity index (χ4v) is 3.48. The van der Waals surface area contributed by atoms with Crippen molar-refractivity contribution < 1.29 is 35.9 Å². The average Bonchev–Trinajstić information content (AvgIpc) is 3.04. The molecule has 2 fully saturated rings. The third-order valence-electron chi connectivity index (χ3n) is 4.63. The molecule has 0 bridgehead atoms. The summed E-state index contributed by atoms with van der Waals surface area (Å²) in [5, 5.41) is 3.67. The molecule has 140 valence electrons. The summed E-state index contributed by atoms with van der Waals surface area (Å²) in [5.74, 6) is -4.23. The van der Waals surface area contributed by atoms with Gasteiger partial charge in [-0.15, -0.1) is 0 Å². The summed E-state index contributed by atoms with van der Waals surface area (Å²) in [5.41, 5.74) is -6.57. The Morgan fingerprint density at radius 1 is 1.24 bits per heavy atom. The molecule has 3 rings (SSSR count).